The largest absolute Gasteiger partial charge is 0.313 e. The molecule has 0 N–H and O–H groups in total. The molecule has 0 saturated heterocycles. The van der Waals surface area contributed by atoms with Gasteiger partial charge in [0.15, 0.2) is 10.8 Å². The molecule has 1 atom stereocenters. The Bertz CT molecular complexity index is 1350. The van der Waals surface area contributed by atoms with Crippen molar-refractivity contribution in [3.63, 3.8) is 0 Å². The van der Waals surface area contributed by atoms with Gasteiger partial charge in [-0.05, 0) is 43.3 Å². The van der Waals surface area contributed by atoms with Gasteiger partial charge in [0.2, 0.25) is 5.91 Å². The molecule has 5 rings (SSSR count). The van der Waals surface area contributed by atoms with Gasteiger partial charge in [-0.15, -0.1) is 0 Å². The summed E-state index contributed by atoms with van der Waals surface area (Å²) >= 11 is 7.48. The number of amides is 1. The third kappa shape index (κ3) is 3.59. The first kappa shape index (κ1) is 20.8. The standard InChI is InChI=1S/C23H20ClN5O2S/c1-2-27(16-6-4-3-5-7-16)20(30)12-18-14-32-23-26-21-19(22(31)28(18)23)13-25-29(21)17-10-8-15(24)9-11-17/h3-11,13,18H,2,12,14H2,1H3. The predicted molar refractivity (Wildman–Crippen MR) is 127 cm³/mol. The van der Waals surface area contributed by atoms with Crippen molar-refractivity contribution >= 4 is 46.0 Å². The van der Waals surface area contributed by atoms with E-state index in [-0.39, 0.29) is 23.9 Å². The van der Waals surface area contributed by atoms with Gasteiger partial charge < -0.3 is 4.90 Å². The van der Waals surface area contributed by atoms with Crippen molar-refractivity contribution < 1.29 is 4.79 Å². The summed E-state index contributed by atoms with van der Waals surface area (Å²) in [6.45, 7) is 2.51. The maximum absolute atomic E-state index is 13.3. The number of anilines is 1. The average Bonchev–Trinajstić information content (AvgIpc) is 3.41. The number of carbonyl (C=O) groups is 1. The maximum Gasteiger partial charge on any atom is 0.265 e. The summed E-state index contributed by atoms with van der Waals surface area (Å²) in [5.74, 6) is 0.613. The van der Waals surface area contributed by atoms with E-state index in [0.29, 0.717) is 33.5 Å². The van der Waals surface area contributed by atoms with E-state index in [1.54, 1.807) is 26.3 Å². The third-order valence-corrected chi connectivity index (χ3v) is 6.89. The highest BCUT2D eigenvalue weighted by atomic mass is 35.5. The molecule has 2 aromatic carbocycles. The summed E-state index contributed by atoms with van der Waals surface area (Å²) in [7, 11) is 0. The number of fused-ring (bicyclic) bond motifs is 2. The Kier molecular flexibility index (Phi) is 5.48. The van der Waals surface area contributed by atoms with E-state index in [4.69, 9.17) is 16.6 Å². The summed E-state index contributed by atoms with van der Waals surface area (Å²) in [5, 5.41) is 6.04. The van der Waals surface area contributed by atoms with Gasteiger partial charge >= 0.3 is 0 Å². The number of rotatable bonds is 5. The first-order valence-electron chi connectivity index (χ1n) is 10.3. The molecule has 1 unspecified atom stereocenters. The molecule has 1 amide bonds. The number of hydrogen-bond acceptors (Lipinski definition) is 5. The number of thioether (sulfide) groups is 1. The van der Waals surface area contributed by atoms with E-state index in [9.17, 15) is 9.59 Å². The fourth-order valence-corrected chi connectivity index (χ4v) is 5.23. The first-order valence-corrected chi connectivity index (χ1v) is 11.7. The maximum atomic E-state index is 13.3. The number of halogens is 1. The van der Waals surface area contributed by atoms with Gasteiger partial charge in [-0.2, -0.15) is 5.10 Å². The van der Waals surface area contributed by atoms with Crippen molar-refractivity contribution in [2.75, 3.05) is 17.2 Å². The molecule has 0 aliphatic carbocycles. The fraction of sp³-hybridized carbons (Fsp3) is 0.217. The molecule has 162 valence electrons. The molecule has 1 aliphatic heterocycles. The van der Waals surface area contributed by atoms with Crippen LogP contribution in [0.4, 0.5) is 5.69 Å². The zero-order valence-corrected chi connectivity index (χ0v) is 18.9. The second-order valence-electron chi connectivity index (χ2n) is 7.48. The average molecular weight is 466 g/mol. The molecule has 4 aromatic rings. The second-order valence-corrected chi connectivity index (χ2v) is 8.91. The number of para-hydroxylation sites is 1. The smallest absolute Gasteiger partial charge is 0.265 e. The lowest BCUT2D eigenvalue weighted by Gasteiger charge is -2.23. The van der Waals surface area contributed by atoms with Crippen LogP contribution in [0.1, 0.15) is 19.4 Å². The normalized spacial score (nSPS) is 15.1. The molecule has 2 aromatic heterocycles. The minimum Gasteiger partial charge on any atom is -0.313 e. The molecule has 0 fully saturated rings. The van der Waals surface area contributed by atoms with Crippen LogP contribution in [0.5, 0.6) is 0 Å². The van der Waals surface area contributed by atoms with Crippen LogP contribution in [-0.4, -0.2) is 37.5 Å². The minimum atomic E-state index is -0.247. The Labute approximate surface area is 193 Å². The number of nitrogens with zero attached hydrogens (tertiary/aromatic N) is 5. The molecule has 9 heteroatoms. The molecule has 0 bridgehead atoms. The second kappa shape index (κ2) is 8.44. The topological polar surface area (TPSA) is 73.0 Å². The van der Waals surface area contributed by atoms with Gasteiger partial charge in [0.25, 0.3) is 5.56 Å². The molecule has 0 radical (unpaired) electrons. The molecule has 32 heavy (non-hydrogen) atoms. The third-order valence-electron chi connectivity index (χ3n) is 5.54. The first-order chi connectivity index (χ1) is 15.6. The van der Waals surface area contributed by atoms with Crippen molar-refractivity contribution in [3.8, 4) is 5.69 Å². The van der Waals surface area contributed by atoms with E-state index in [0.717, 1.165) is 11.4 Å². The van der Waals surface area contributed by atoms with Crippen LogP contribution in [0.2, 0.25) is 5.02 Å². The van der Waals surface area contributed by atoms with Crippen LogP contribution < -0.4 is 10.5 Å². The number of aromatic nitrogens is 4. The highest BCUT2D eigenvalue weighted by Gasteiger charge is 2.31. The van der Waals surface area contributed by atoms with E-state index < -0.39 is 0 Å². The Morgan fingerprint density at radius 2 is 1.94 bits per heavy atom. The zero-order valence-electron chi connectivity index (χ0n) is 17.3. The Hall–Kier alpha value is -3.10. The number of benzene rings is 2. The highest BCUT2D eigenvalue weighted by Crippen LogP contribution is 2.34. The Morgan fingerprint density at radius 1 is 1.19 bits per heavy atom. The Morgan fingerprint density at radius 3 is 2.66 bits per heavy atom. The number of hydrogen-bond donors (Lipinski definition) is 0. The van der Waals surface area contributed by atoms with Crippen LogP contribution in [0, 0.1) is 0 Å². The lowest BCUT2D eigenvalue weighted by Crippen LogP contribution is -2.34. The zero-order chi connectivity index (χ0) is 22.2. The van der Waals surface area contributed by atoms with E-state index in [1.165, 1.54) is 18.0 Å². The van der Waals surface area contributed by atoms with Crippen molar-refractivity contribution in [2.24, 2.45) is 0 Å². The molecular formula is C23H20ClN5O2S. The lowest BCUT2D eigenvalue weighted by molar-refractivity contribution is -0.119. The Balaban J connectivity index is 1.48. The summed E-state index contributed by atoms with van der Waals surface area (Å²) in [4.78, 5) is 32.9. The quantitative estimate of drug-likeness (QED) is 0.410. The minimum absolute atomic E-state index is 0.0130. The van der Waals surface area contributed by atoms with Gasteiger partial charge in [0.1, 0.15) is 5.39 Å². The van der Waals surface area contributed by atoms with Gasteiger partial charge in [0, 0.05) is 29.4 Å². The number of carbonyl (C=O) groups excluding carboxylic acids is 1. The van der Waals surface area contributed by atoms with E-state index >= 15 is 0 Å². The molecule has 3 heterocycles. The predicted octanol–water partition coefficient (Wildman–Crippen LogP) is 4.33. The summed E-state index contributed by atoms with van der Waals surface area (Å²) in [5.41, 5.74) is 1.96. The summed E-state index contributed by atoms with van der Waals surface area (Å²) in [6.07, 6.45) is 1.78. The SMILES string of the molecule is CCN(C(=O)CC1CSc2nc3c(cnn3-c3ccc(Cl)cc3)c(=O)n21)c1ccccc1. The molecule has 0 saturated carbocycles. The molecule has 1 aliphatic rings. The monoisotopic (exact) mass is 465 g/mol. The molecule has 0 spiro atoms. The van der Waals surface area contributed by atoms with Gasteiger partial charge in [-0.1, -0.05) is 41.6 Å². The van der Waals surface area contributed by atoms with Crippen molar-refractivity contribution in [1.29, 1.82) is 0 Å². The fourth-order valence-electron chi connectivity index (χ4n) is 3.97. The molecule has 7 nitrogen and oxygen atoms in total. The summed E-state index contributed by atoms with van der Waals surface area (Å²) < 4.78 is 3.29. The van der Waals surface area contributed by atoms with Crippen LogP contribution in [0.3, 0.4) is 0 Å². The lowest BCUT2D eigenvalue weighted by atomic mass is 10.2. The van der Waals surface area contributed by atoms with Crippen LogP contribution in [-0.2, 0) is 4.79 Å². The van der Waals surface area contributed by atoms with Gasteiger partial charge in [0.05, 0.1) is 17.9 Å². The molecular weight excluding hydrogens is 446 g/mol. The van der Waals surface area contributed by atoms with Crippen molar-refractivity contribution in [2.45, 2.75) is 24.5 Å². The van der Waals surface area contributed by atoms with Crippen LogP contribution in [0.15, 0.2) is 70.7 Å². The van der Waals surface area contributed by atoms with E-state index in [1.807, 2.05) is 49.4 Å². The van der Waals surface area contributed by atoms with Crippen LogP contribution >= 0.6 is 23.4 Å². The highest BCUT2D eigenvalue weighted by molar-refractivity contribution is 7.99. The van der Waals surface area contributed by atoms with E-state index in [2.05, 4.69) is 5.10 Å². The summed E-state index contributed by atoms with van der Waals surface area (Å²) in [6, 6.07) is 16.5. The van der Waals surface area contributed by atoms with Gasteiger partial charge in [-0.3, -0.25) is 14.2 Å². The van der Waals surface area contributed by atoms with Crippen molar-refractivity contribution in [1.82, 2.24) is 19.3 Å². The van der Waals surface area contributed by atoms with Crippen LogP contribution in [0.25, 0.3) is 16.7 Å². The van der Waals surface area contributed by atoms with Crippen molar-refractivity contribution in [3.05, 3.63) is 76.2 Å². The van der Waals surface area contributed by atoms with Gasteiger partial charge in [-0.25, -0.2) is 9.67 Å².